The molecule has 2 aliphatic rings. The first-order chi connectivity index (χ1) is 17.2. The smallest absolute Gasteiger partial charge is 0.223 e. The highest BCUT2D eigenvalue weighted by Gasteiger charge is 2.32. The molecule has 4 rings (SSSR count). The number of sulfonamides is 1. The van der Waals surface area contributed by atoms with Crippen LogP contribution in [-0.4, -0.2) is 110 Å². The molecule has 1 aromatic heterocycles. The molecular weight excluding hydrogens is 480 g/mol. The summed E-state index contributed by atoms with van der Waals surface area (Å²) in [7, 11) is 0.0118. The van der Waals surface area contributed by atoms with Crippen LogP contribution in [0.3, 0.4) is 0 Å². The average molecular weight is 515 g/mol. The molecule has 2 aliphatic heterocycles. The zero-order valence-corrected chi connectivity index (χ0v) is 21.9. The number of likely N-dealkylation sites (N-methyl/N-ethyl adjacent to an activating group) is 1. The Hall–Kier alpha value is -3.09. The van der Waals surface area contributed by atoms with Gasteiger partial charge in [0.25, 0.3) is 0 Å². The predicted octanol–water partition coefficient (Wildman–Crippen LogP) is 0.463. The number of benzene rings is 1. The van der Waals surface area contributed by atoms with Crippen molar-refractivity contribution < 1.29 is 13.2 Å². The summed E-state index contributed by atoms with van der Waals surface area (Å²) in [5.74, 6) is 0.787. The number of anilines is 1. The minimum Gasteiger partial charge on any atom is -0.352 e. The van der Waals surface area contributed by atoms with Crippen molar-refractivity contribution in [3.8, 4) is 11.3 Å². The van der Waals surface area contributed by atoms with Crippen molar-refractivity contribution in [2.24, 2.45) is 5.10 Å². The fourth-order valence-electron chi connectivity index (χ4n) is 4.31. The molecule has 3 heterocycles. The number of carbonyl (C=O) groups is 1. The van der Waals surface area contributed by atoms with Crippen molar-refractivity contribution in [2.75, 3.05) is 64.8 Å². The van der Waals surface area contributed by atoms with E-state index in [1.54, 1.807) is 31.5 Å². The van der Waals surface area contributed by atoms with E-state index in [1.165, 1.54) is 17.4 Å². The highest BCUT2D eigenvalue weighted by molar-refractivity contribution is 7.90. The van der Waals surface area contributed by atoms with Gasteiger partial charge in [-0.05, 0) is 5.56 Å². The van der Waals surface area contributed by atoms with E-state index in [1.807, 2.05) is 24.3 Å². The van der Waals surface area contributed by atoms with Crippen molar-refractivity contribution in [1.82, 2.24) is 29.5 Å². The molecule has 1 saturated heterocycles. The second kappa shape index (κ2) is 11.3. The summed E-state index contributed by atoms with van der Waals surface area (Å²) < 4.78 is 27.0. The summed E-state index contributed by atoms with van der Waals surface area (Å²) >= 11 is 0. The van der Waals surface area contributed by atoms with Crippen LogP contribution in [-0.2, 0) is 21.4 Å². The van der Waals surface area contributed by atoms with Crippen LogP contribution in [0.25, 0.3) is 11.3 Å². The minimum atomic E-state index is -3.41. The predicted molar refractivity (Wildman–Crippen MR) is 140 cm³/mol. The molecule has 11 nitrogen and oxygen atoms in total. The summed E-state index contributed by atoms with van der Waals surface area (Å²) in [6.07, 6.45) is 4.92. The van der Waals surface area contributed by atoms with Crippen LogP contribution in [0, 0.1) is 0 Å². The molecule has 0 spiro atoms. The van der Waals surface area contributed by atoms with Gasteiger partial charge in [-0.15, -0.1) is 0 Å². The van der Waals surface area contributed by atoms with E-state index >= 15 is 0 Å². The van der Waals surface area contributed by atoms with Gasteiger partial charge in [0.2, 0.25) is 15.9 Å². The van der Waals surface area contributed by atoms with Crippen molar-refractivity contribution in [3.63, 3.8) is 0 Å². The molecule has 1 amide bonds. The van der Waals surface area contributed by atoms with Crippen LogP contribution in [0.5, 0.6) is 0 Å². The fourth-order valence-corrected chi connectivity index (χ4v) is 5.72. The van der Waals surface area contributed by atoms with Gasteiger partial charge in [0, 0.05) is 91.0 Å². The number of amides is 1. The van der Waals surface area contributed by atoms with Crippen molar-refractivity contribution in [3.05, 3.63) is 42.2 Å². The van der Waals surface area contributed by atoms with E-state index < -0.39 is 15.3 Å². The molecule has 194 valence electrons. The van der Waals surface area contributed by atoms with E-state index in [0.29, 0.717) is 26.2 Å². The van der Waals surface area contributed by atoms with Crippen LogP contribution >= 0.6 is 0 Å². The monoisotopic (exact) mass is 514 g/mol. The number of piperazine rings is 1. The van der Waals surface area contributed by atoms with Gasteiger partial charge in [0.15, 0.2) is 5.82 Å². The van der Waals surface area contributed by atoms with Gasteiger partial charge in [0.1, 0.15) is 10.9 Å². The summed E-state index contributed by atoms with van der Waals surface area (Å²) in [6.45, 7) is 6.69. The Kier molecular flexibility index (Phi) is 8.17. The zero-order valence-electron chi connectivity index (χ0n) is 21.0. The number of rotatable bonds is 9. The SMILES string of the molecule is CC(=O)NCc1ccc(-c2nccnc2N2CCN(CCN(C)S(=O)(=O)C3C=NN(C)C3)CC2)cc1. The summed E-state index contributed by atoms with van der Waals surface area (Å²) in [6, 6.07) is 7.98. The molecule has 36 heavy (non-hydrogen) atoms. The molecule has 0 bridgehead atoms. The molecule has 1 fully saturated rings. The number of hydrazone groups is 1. The molecule has 1 N–H and O–H groups in total. The number of carbonyl (C=O) groups excluding carboxylic acids is 1. The van der Waals surface area contributed by atoms with Gasteiger partial charge in [-0.3, -0.25) is 19.7 Å². The lowest BCUT2D eigenvalue weighted by atomic mass is 10.1. The van der Waals surface area contributed by atoms with Crippen molar-refractivity contribution >= 4 is 28.0 Å². The molecular formula is C24H34N8O3S. The molecule has 12 heteroatoms. The summed E-state index contributed by atoms with van der Waals surface area (Å²) in [5, 5.41) is 7.93. The molecule has 1 atom stereocenters. The molecule has 1 unspecified atom stereocenters. The fraction of sp³-hybridized carbons (Fsp3) is 0.500. The third-order valence-corrected chi connectivity index (χ3v) is 8.63. The van der Waals surface area contributed by atoms with Crippen molar-refractivity contribution in [1.29, 1.82) is 0 Å². The molecule has 0 saturated carbocycles. The highest BCUT2D eigenvalue weighted by atomic mass is 32.2. The average Bonchev–Trinajstić information content (AvgIpc) is 3.34. The first-order valence-corrected chi connectivity index (χ1v) is 13.6. The number of nitrogens with zero attached hydrogens (tertiary/aromatic N) is 7. The Balaban J connectivity index is 1.33. The van der Waals surface area contributed by atoms with Crippen LogP contribution in [0.4, 0.5) is 5.82 Å². The van der Waals surface area contributed by atoms with Crippen LogP contribution < -0.4 is 10.2 Å². The highest BCUT2D eigenvalue weighted by Crippen LogP contribution is 2.27. The lowest BCUT2D eigenvalue weighted by Gasteiger charge is -2.36. The number of aromatic nitrogens is 2. The van der Waals surface area contributed by atoms with Gasteiger partial charge < -0.3 is 10.2 Å². The first kappa shape index (κ1) is 26.0. The van der Waals surface area contributed by atoms with Gasteiger partial charge in [0.05, 0.1) is 6.54 Å². The van der Waals surface area contributed by atoms with E-state index in [2.05, 4.69) is 30.2 Å². The van der Waals surface area contributed by atoms with Gasteiger partial charge in [-0.25, -0.2) is 17.7 Å². The van der Waals surface area contributed by atoms with E-state index in [-0.39, 0.29) is 5.91 Å². The lowest BCUT2D eigenvalue weighted by Crippen LogP contribution is -2.49. The molecule has 0 aliphatic carbocycles. The second-order valence-electron chi connectivity index (χ2n) is 9.17. The normalized spacial score (nSPS) is 18.7. The van der Waals surface area contributed by atoms with E-state index in [0.717, 1.165) is 48.8 Å². The quantitative estimate of drug-likeness (QED) is 0.514. The van der Waals surface area contributed by atoms with Crippen LogP contribution in [0.1, 0.15) is 12.5 Å². The summed E-state index contributed by atoms with van der Waals surface area (Å²) in [5.41, 5.74) is 2.82. The molecule has 1 aromatic carbocycles. The van der Waals surface area contributed by atoms with E-state index in [9.17, 15) is 13.2 Å². The van der Waals surface area contributed by atoms with Gasteiger partial charge >= 0.3 is 0 Å². The number of hydrogen-bond acceptors (Lipinski definition) is 9. The third kappa shape index (κ3) is 6.18. The number of nitrogens with one attached hydrogen (secondary N) is 1. The van der Waals surface area contributed by atoms with E-state index in [4.69, 9.17) is 0 Å². The standard InChI is InChI=1S/C24H34N8O3S/c1-19(33)27-16-20-4-6-21(7-5-20)23-24(26-9-8-25-23)32-14-12-31(13-15-32)11-10-30(3)36(34,35)22-17-28-29(2)18-22/h4-9,17,22H,10-16,18H2,1-3H3,(H,27,33). The first-order valence-electron chi connectivity index (χ1n) is 12.1. The summed E-state index contributed by atoms with van der Waals surface area (Å²) in [4.78, 5) is 24.9. The Morgan fingerprint density at radius 1 is 1.11 bits per heavy atom. The Morgan fingerprint density at radius 3 is 2.44 bits per heavy atom. The van der Waals surface area contributed by atoms with Crippen LogP contribution in [0.15, 0.2) is 41.8 Å². The maximum absolute atomic E-state index is 12.8. The largest absolute Gasteiger partial charge is 0.352 e. The zero-order chi connectivity index (χ0) is 25.7. The Labute approximate surface area is 212 Å². The molecule has 2 aromatic rings. The maximum atomic E-state index is 12.8. The third-order valence-electron chi connectivity index (χ3n) is 6.54. The Bertz CT molecular complexity index is 1180. The van der Waals surface area contributed by atoms with Crippen LogP contribution in [0.2, 0.25) is 0 Å². The minimum absolute atomic E-state index is 0.0567. The lowest BCUT2D eigenvalue weighted by molar-refractivity contribution is -0.119. The topological polar surface area (TPSA) is 114 Å². The molecule has 0 radical (unpaired) electrons. The number of hydrogen-bond donors (Lipinski definition) is 1. The second-order valence-corrected chi connectivity index (χ2v) is 11.4. The Morgan fingerprint density at radius 2 is 1.81 bits per heavy atom. The van der Waals surface area contributed by atoms with Gasteiger partial charge in [-0.2, -0.15) is 5.10 Å². The maximum Gasteiger partial charge on any atom is 0.223 e. The van der Waals surface area contributed by atoms with Crippen molar-refractivity contribution in [2.45, 2.75) is 18.7 Å². The van der Waals surface area contributed by atoms with Gasteiger partial charge in [-0.1, -0.05) is 24.3 Å².